The quantitative estimate of drug-likeness (QED) is 0.236. The number of aromatic hydroxyl groups is 1. The summed E-state index contributed by atoms with van der Waals surface area (Å²) < 4.78 is 99.5. The van der Waals surface area contributed by atoms with Gasteiger partial charge in [0.05, 0.1) is 11.6 Å². The molecule has 14 heteroatoms. The second kappa shape index (κ2) is 10.9. The third-order valence-electron chi connectivity index (χ3n) is 9.11. The minimum absolute atomic E-state index is 0.0175. The van der Waals surface area contributed by atoms with E-state index >= 15 is 4.39 Å². The fourth-order valence-electron chi connectivity index (χ4n) is 7.07. The normalized spacial score (nSPS) is 23.1. The largest absolute Gasteiger partial charge is 0.508 e. The first-order chi connectivity index (χ1) is 21.9. The number of alkyl halides is 4. The van der Waals surface area contributed by atoms with Crippen LogP contribution in [0.3, 0.4) is 0 Å². The third kappa shape index (κ3) is 5.02. The number of nitrogens with zero attached hydrogens (tertiary/aromatic N) is 5. The second-order valence-electron chi connectivity index (χ2n) is 12.2. The first-order valence-corrected chi connectivity index (χ1v) is 14.8. The SMILES string of the molecule is C=Cc1c(F)ccc2cc(O)cc(-c3nc4c5c(nc(OC[C@@]67CCCN6C[C@H](F)C7)nc5c3F)N(CC(F)(F)F)[C@@H](C)CO4)c12. The van der Waals surface area contributed by atoms with Crippen molar-refractivity contribution in [3.8, 4) is 28.9 Å². The predicted molar refractivity (Wildman–Crippen MR) is 159 cm³/mol. The molecule has 242 valence electrons. The van der Waals surface area contributed by atoms with Crippen molar-refractivity contribution in [3.05, 3.63) is 48.0 Å². The first-order valence-electron chi connectivity index (χ1n) is 14.8. The van der Waals surface area contributed by atoms with Crippen molar-refractivity contribution in [2.45, 2.75) is 50.1 Å². The lowest BCUT2D eigenvalue weighted by Crippen LogP contribution is -2.44. The number of phenolic OH excluding ortho intramolecular Hbond substituents is 1. The number of pyridine rings is 1. The van der Waals surface area contributed by atoms with E-state index in [4.69, 9.17) is 9.47 Å². The van der Waals surface area contributed by atoms with E-state index in [1.807, 2.05) is 4.90 Å². The molecule has 3 aliphatic heterocycles. The first kappa shape index (κ1) is 30.3. The monoisotopic (exact) mass is 645 g/mol. The minimum Gasteiger partial charge on any atom is -0.508 e. The van der Waals surface area contributed by atoms with E-state index < -0.39 is 53.6 Å². The maximum atomic E-state index is 16.8. The number of anilines is 1. The number of hydrogen-bond acceptors (Lipinski definition) is 8. The molecule has 2 aromatic heterocycles. The zero-order valence-corrected chi connectivity index (χ0v) is 24.7. The van der Waals surface area contributed by atoms with E-state index in [0.717, 1.165) is 11.3 Å². The van der Waals surface area contributed by atoms with Crippen LogP contribution < -0.4 is 14.4 Å². The number of fused-ring (bicyclic) bond motifs is 2. The molecular weight excluding hydrogens is 616 g/mol. The fraction of sp³-hybridized carbons (Fsp3) is 0.406. The predicted octanol–water partition coefficient (Wildman–Crippen LogP) is 6.58. The zero-order valence-electron chi connectivity index (χ0n) is 24.7. The Hall–Kier alpha value is -4.33. The summed E-state index contributed by atoms with van der Waals surface area (Å²) in [5.41, 5.74) is -1.45. The molecule has 0 radical (unpaired) electrons. The van der Waals surface area contributed by atoms with Gasteiger partial charge in [0.1, 0.15) is 59.9 Å². The molecule has 3 aliphatic rings. The highest BCUT2D eigenvalue weighted by molar-refractivity contribution is 6.05. The van der Waals surface area contributed by atoms with Crippen molar-refractivity contribution in [1.29, 1.82) is 0 Å². The Morgan fingerprint density at radius 3 is 2.74 bits per heavy atom. The number of hydrogen-bond donors (Lipinski definition) is 1. The van der Waals surface area contributed by atoms with Crippen LogP contribution in [0.1, 0.15) is 31.7 Å². The molecule has 0 bridgehead atoms. The minimum atomic E-state index is -4.65. The Morgan fingerprint density at radius 2 is 1.98 bits per heavy atom. The molecule has 1 N–H and O–H groups in total. The van der Waals surface area contributed by atoms with Gasteiger partial charge in [0.2, 0.25) is 5.88 Å². The molecule has 46 heavy (non-hydrogen) atoms. The topological polar surface area (TPSA) is 83.8 Å². The molecule has 4 aromatic rings. The van der Waals surface area contributed by atoms with E-state index in [-0.39, 0.29) is 71.2 Å². The van der Waals surface area contributed by atoms with E-state index in [1.165, 1.54) is 37.3 Å². The maximum Gasteiger partial charge on any atom is 0.405 e. The lowest BCUT2D eigenvalue weighted by molar-refractivity contribution is -0.120. The number of rotatable bonds is 6. The van der Waals surface area contributed by atoms with E-state index in [1.54, 1.807) is 0 Å². The van der Waals surface area contributed by atoms with Crippen LogP contribution in [0.2, 0.25) is 0 Å². The van der Waals surface area contributed by atoms with Gasteiger partial charge in [-0.15, -0.1) is 0 Å². The van der Waals surface area contributed by atoms with Crippen LogP contribution in [0.25, 0.3) is 39.0 Å². The Labute approximate surface area is 259 Å². The van der Waals surface area contributed by atoms with Crippen molar-refractivity contribution in [2.24, 2.45) is 0 Å². The Bertz CT molecular complexity index is 1890. The summed E-state index contributed by atoms with van der Waals surface area (Å²) in [6, 6.07) is 3.88. The molecule has 2 saturated heterocycles. The highest BCUT2D eigenvalue weighted by Gasteiger charge is 2.49. The summed E-state index contributed by atoms with van der Waals surface area (Å²) in [6.45, 7) is 4.37. The molecule has 2 aromatic carbocycles. The molecular formula is C32H29F6N5O3. The smallest absolute Gasteiger partial charge is 0.405 e. The van der Waals surface area contributed by atoms with Crippen LogP contribution in [0, 0.1) is 11.6 Å². The van der Waals surface area contributed by atoms with Gasteiger partial charge >= 0.3 is 12.2 Å². The molecule has 2 fully saturated rings. The summed E-state index contributed by atoms with van der Waals surface area (Å²) in [7, 11) is 0. The van der Waals surface area contributed by atoms with Crippen LogP contribution in [0.15, 0.2) is 30.8 Å². The van der Waals surface area contributed by atoms with Gasteiger partial charge in [-0.25, -0.2) is 18.2 Å². The van der Waals surface area contributed by atoms with Gasteiger partial charge in [-0.05, 0) is 49.9 Å². The standard InChI is InChI=1S/C32H29F6N5O3/c1-3-20-22(34)6-5-17-9-19(44)10-21(23(17)20)26-25(35)27-24-28(43(14-32(36,37)38)16(2)13-45-29(24)39-26)41-30(40-27)46-15-31-7-4-8-42(31)12-18(33)11-31/h3,5-6,9-10,16,18,44H,1,4,7-8,11-15H2,2H3/t16-,18+,31-/m0/s1. The lowest BCUT2D eigenvalue weighted by atomic mass is 9.95. The van der Waals surface area contributed by atoms with Gasteiger partial charge in [-0.3, -0.25) is 4.90 Å². The van der Waals surface area contributed by atoms with Crippen LogP contribution >= 0.6 is 0 Å². The van der Waals surface area contributed by atoms with Gasteiger partial charge in [-0.2, -0.15) is 23.1 Å². The molecule has 0 spiro atoms. The summed E-state index contributed by atoms with van der Waals surface area (Å²) in [5.74, 6) is -2.52. The molecule has 7 rings (SSSR count). The number of ether oxygens (including phenoxy) is 2. The molecule has 3 atom stereocenters. The van der Waals surface area contributed by atoms with Crippen LogP contribution in [0.4, 0.5) is 32.2 Å². The number of aromatic nitrogens is 3. The van der Waals surface area contributed by atoms with Crippen molar-refractivity contribution in [1.82, 2.24) is 19.9 Å². The van der Waals surface area contributed by atoms with E-state index in [2.05, 4.69) is 21.5 Å². The fourth-order valence-corrected chi connectivity index (χ4v) is 7.07. The highest BCUT2D eigenvalue weighted by Crippen LogP contribution is 2.45. The van der Waals surface area contributed by atoms with Crippen molar-refractivity contribution < 1.29 is 40.9 Å². The number of phenols is 1. The van der Waals surface area contributed by atoms with Crippen LogP contribution in [-0.4, -0.2) is 81.7 Å². The highest BCUT2D eigenvalue weighted by atomic mass is 19.4. The average molecular weight is 646 g/mol. The van der Waals surface area contributed by atoms with Gasteiger partial charge in [0, 0.05) is 29.5 Å². The summed E-state index contributed by atoms with van der Waals surface area (Å²) in [5, 5.41) is 10.9. The summed E-state index contributed by atoms with van der Waals surface area (Å²) >= 11 is 0. The summed E-state index contributed by atoms with van der Waals surface area (Å²) in [4.78, 5) is 15.9. The Kier molecular flexibility index (Phi) is 7.18. The van der Waals surface area contributed by atoms with Gasteiger partial charge in [-0.1, -0.05) is 18.7 Å². The number of halogens is 6. The van der Waals surface area contributed by atoms with E-state index in [9.17, 15) is 27.1 Å². The number of benzene rings is 2. The van der Waals surface area contributed by atoms with Crippen molar-refractivity contribution in [3.63, 3.8) is 0 Å². The molecule has 0 unspecified atom stereocenters. The van der Waals surface area contributed by atoms with Crippen LogP contribution in [0.5, 0.6) is 17.6 Å². The Balaban J connectivity index is 1.45. The van der Waals surface area contributed by atoms with Crippen LogP contribution in [-0.2, 0) is 0 Å². The molecule has 0 aliphatic carbocycles. The zero-order chi connectivity index (χ0) is 32.5. The summed E-state index contributed by atoms with van der Waals surface area (Å²) in [6.07, 6.45) is -2.76. The lowest BCUT2D eigenvalue weighted by Gasteiger charge is -2.31. The molecule has 0 amide bonds. The Morgan fingerprint density at radius 1 is 1.17 bits per heavy atom. The third-order valence-corrected chi connectivity index (χ3v) is 9.11. The molecule has 0 saturated carbocycles. The van der Waals surface area contributed by atoms with Crippen molar-refractivity contribution in [2.75, 3.05) is 37.7 Å². The molecule has 5 heterocycles. The maximum absolute atomic E-state index is 16.8. The average Bonchev–Trinajstić information content (AvgIpc) is 3.49. The van der Waals surface area contributed by atoms with Gasteiger partial charge in [0.15, 0.2) is 5.82 Å². The van der Waals surface area contributed by atoms with E-state index in [0.29, 0.717) is 18.4 Å². The van der Waals surface area contributed by atoms with Gasteiger partial charge in [0.25, 0.3) is 0 Å². The molecule has 8 nitrogen and oxygen atoms in total. The second-order valence-corrected chi connectivity index (χ2v) is 12.2. The van der Waals surface area contributed by atoms with Gasteiger partial charge < -0.3 is 19.5 Å². The van der Waals surface area contributed by atoms with Crippen molar-refractivity contribution >= 4 is 33.6 Å².